The van der Waals surface area contributed by atoms with Crippen LogP contribution in [0.25, 0.3) is 0 Å². The van der Waals surface area contributed by atoms with E-state index in [1.807, 2.05) is 20.8 Å². The van der Waals surface area contributed by atoms with Crippen LogP contribution >= 0.6 is 13.5 Å². The van der Waals surface area contributed by atoms with Gasteiger partial charge in [0.25, 0.3) is 0 Å². The molecule has 294 valence electrons. The fraction of sp³-hybridized carbons (Fsp3) is 1.00. The van der Waals surface area contributed by atoms with Gasteiger partial charge < -0.3 is 28.8 Å². The lowest BCUT2D eigenvalue weighted by molar-refractivity contribution is -0.248. The Hall–Kier alpha value is 0.0300. The van der Waals surface area contributed by atoms with Crippen LogP contribution in [0.15, 0.2) is 0 Å². The van der Waals surface area contributed by atoms with Crippen LogP contribution in [0.2, 0.25) is 0 Å². The van der Waals surface area contributed by atoms with Gasteiger partial charge in [-0.2, -0.15) is 13.5 Å². The maximum atomic E-state index is 11.0. The second-order valence-corrected chi connectivity index (χ2v) is 20.2. The van der Waals surface area contributed by atoms with Crippen LogP contribution in [0.3, 0.4) is 0 Å². The fourth-order valence-corrected chi connectivity index (χ4v) is 14.9. The van der Waals surface area contributed by atoms with Gasteiger partial charge in [0.05, 0.1) is 49.8 Å². The minimum Gasteiger partial charge on any atom is -0.388 e. The highest BCUT2D eigenvalue weighted by Crippen LogP contribution is 2.87. The molecule has 9 fully saturated rings. The minimum absolute atomic E-state index is 0. The maximum absolute atomic E-state index is 11.0. The number of ether oxygens (including phenoxy) is 5. The van der Waals surface area contributed by atoms with Gasteiger partial charge in [-0.1, -0.05) is 20.8 Å². The van der Waals surface area contributed by atoms with Gasteiger partial charge in [0.15, 0.2) is 6.29 Å². The molecule has 12 atom stereocenters. The quantitative estimate of drug-likeness (QED) is 0.298. The summed E-state index contributed by atoms with van der Waals surface area (Å²) in [5.74, 6) is 3.01. The van der Waals surface area contributed by atoms with Crippen LogP contribution in [0.5, 0.6) is 0 Å². The molecule has 5 saturated carbocycles. The Kier molecular flexibility index (Phi) is 10.1. The van der Waals surface area contributed by atoms with Crippen LogP contribution in [-0.4, -0.2) is 116 Å². The molecule has 1 N–H and O–H groups in total. The molecule has 0 aromatic heterocycles. The lowest BCUT2D eigenvalue weighted by atomic mass is 9.46. The van der Waals surface area contributed by atoms with E-state index >= 15 is 0 Å². The van der Waals surface area contributed by atoms with Gasteiger partial charge in [-0.3, -0.25) is 9.80 Å². The van der Waals surface area contributed by atoms with Crippen molar-refractivity contribution >= 4 is 13.5 Å². The lowest BCUT2D eigenvalue weighted by Crippen LogP contribution is -2.58. The summed E-state index contributed by atoms with van der Waals surface area (Å²) in [6.45, 7) is 21.2. The van der Waals surface area contributed by atoms with E-state index in [1.54, 1.807) is 0 Å². The Morgan fingerprint density at radius 1 is 0.863 bits per heavy atom. The van der Waals surface area contributed by atoms with Crippen molar-refractivity contribution in [1.82, 2.24) is 9.80 Å². The first kappa shape index (κ1) is 37.9. The molecule has 0 amide bonds. The molecular formula is C42H74N2O6S. The van der Waals surface area contributed by atoms with Crippen molar-refractivity contribution in [3.63, 3.8) is 0 Å². The number of likely N-dealkylation sites (tertiary alicyclic amines) is 1. The van der Waals surface area contributed by atoms with Gasteiger partial charge in [-0.25, -0.2) is 0 Å². The molecule has 12 unspecified atom stereocenters. The van der Waals surface area contributed by atoms with Gasteiger partial charge in [-0.15, -0.1) is 0 Å². The topological polar surface area (TPSA) is 72.9 Å². The first-order valence-corrected chi connectivity index (χ1v) is 21.2. The Morgan fingerprint density at radius 2 is 1.63 bits per heavy atom. The zero-order valence-corrected chi connectivity index (χ0v) is 33.9. The Labute approximate surface area is 317 Å². The molecular weight excluding hydrogens is 661 g/mol. The zero-order chi connectivity index (χ0) is 34.7. The second-order valence-electron chi connectivity index (χ2n) is 20.2. The summed E-state index contributed by atoms with van der Waals surface area (Å²) in [5, 5.41) is 11.0. The van der Waals surface area contributed by atoms with Crippen molar-refractivity contribution in [2.45, 2.75) is 167 Å². The minimum atomic E-state index is -0.896. The predicted molar refractivity (Wildman–Crippen MR) is 205 cm³/mol. The number of aliphatic hydroxyl groups is 1. The number of piperidine rings is 1. The molecule has 51 heavy (non-hydrogen) atoms. The predicted octanol–water partition coefficient (Wildman–Crippen LogP) is 6.63. The summed E-state index contributed by atoms with van der Waals surface area (Å²) in [4.78, 5) is 5.36. The Balaban J connectivity index is 0.00000210. The number of morpholine rings is 1. The third-order valence-electron chi connectivity index (χ3n) is 17.5. The first-order valence-electron chi connectivity index (χ1n) is 21.2. The monoisotopic (exact) mass is 735 g/mol. The van der Waals surface area contributed by atoms with Crippen LogP contribution in [0.4, 0.5) is 0 Å². The third kappa shape index (κ3) is 5.97. The summed E-state index contributed by atoms with van der Waals surface area (Å²) in [7, 11) is 0. The molecule has 0 aromatic rings. The van der Waals surface area contributed by atoms with E-state index < -0.39 is 5.60 Å². The lowest BCUT2D eigenvalue weighted by Gasteiger charge is -2.60. The summed E-state index contributed by atoms with van der Waals surface area (Å²) >= 11 is 0. The molecule has 9 rings (SSSR count). The summed E-state index contributed by atoms with van der Waals surface area (Å²) < 4.78 is 32.1. The van der Waals surface area contributed by atoms with Crippen LogP contribution < -0.4 is 0 Å². The molecule has 4 saturated heterocycles. The van der Waals surface area contributed by atoms with Crippen molar-refractivity contribution in [2.75, 3.05) is 52.6 Å². The summed E-state index contributed by atoms with van der Waals surface area (Å²) in [5.41, 5.74) is 0.708. The fourth-order valence-electron chi connectivity index (χ4n) is 14.9. The Bertz CT molecular complexity index is 1260. The van der Waals surface area contributed by atoms with E-state index in [1.165, 1.54) is 83.7 Å². The molecule has 0 radical (unpaired) electrons. The number of hydrogen-bond acceptors (Lipinski definition) is 8. The van der Waals surface area contributed by atoms with Crippen molar-refractivity contribution < 1.29 is 30.2 Å². The van der Waals surface area contributed by atoms with Crippen LogP contribution in [0.1, 0.15) is 120 Å². The van der Waals surface area contributed by atoms with Gasteiger partial charge in [0.2, 0.25) is 0 Å². The van der Waals surface area contributed by atoms with Crippen molar-refractivity contribution in [3.05, 3.63) is 0 Å². The van der Waals surface area contributed by atoms with Crippen molar-refractivity contribution in [1.29, 1.82) is 0 Å². The average Bonchev–Trinajstić information content (AvgIpc) is 3.64. The number of nitrogens with zero attached hydrogens (tertiary/aromatic N) is 2. The Morgan fingerprint density at radius 3 is 2.33 bits per heavy atom. The van der Waals surface area contributed by atoms with E-state index in [-0.39, 0.29) is 44.9 Å². The molecule has 0 bridgehead atoms. The molecule has 5 aliphatic carbocycles. The highest BCUT2D eigenvalue weighted by Gasteiger charge is 2.80. The van der Waals surface area contributed by atoms with E-state index in [0.717, 1.165) is 57.1 Å². The smallest absolute Gasteiger partial charge is 0.170 e. The van der Waals surface area contributed by atoms with E-state index in [4.69, 9.17) is 23.7 Å². The molecule has 8 nitrogen and oxygen atoms in total. The highest BCUT2D eigenvalue weighted by atomic mass is 32.1. The number of fused-ring (bicyclic) bond motifs is 4. The molecule has 4 aliphatic heterocycles. The molecule has 2 spiro atoms. The van der Waals surface area contributed by atoms with Gasteiger partial charge in [-0.05, 0) is 143 Å². The van der Waals surface area contributed by atoms with Gasteiger partial charge in [0, 0.05) is 40.3 Å². The summed E-state index contributed by atoms with van der Waals surface area (Å²) in [6.07, 6.45) is 15.7. The number of hydrogen-bond donors (Lipinski definition) is 1. The van der Waals surface area contributed by atoms with Crippen molar-refractivity contribution in [3.8, 4) is 0 Å². The standard InChI is InChI=1S/C42H70N2O6.H2S.H2/c1-7-47-37(39(4,5)45)32-10-8-30-33(49-32)22-31-29-9-11-34-38(2,3)35(12-15-42(34)26-41(29,42)17-16-40(30,31)6)50-36-23-44(20-21-48-36)27-13-18-43(19-14-27)28-24-46-25-28;;/h27-37,45H,7-26H2,1-6H3;1H2;1H. The maximum Gasteiger partial charge on any atom is 0.170 e. The zero-order valence-electron chi connectivity index (χ0n) is 32.9. The third-order valence-corrected chi connectivity index (χ3v) is 17.5. The van der Waals surface area contributed by atoms with Crippen LogP contribution in [-0.2, 0) is 23.7 Å². The average molecular weight is 735 g/mol. The van der Waals surface area contributed by atoms with Crippen LogP contribution in [0, 0.1) is 45.3 Å². The molecule has 9 aliphatic rings. The molecule has 0 aromatic carbocycles. The molecule has 4 heterocycles. The van der Waals surface area contributed by atoms with E-state index in [2.05, 4.69) is 30.6 Å². The van der Waals surface area contributed by atoms with Gasteiger partial charge in [0.1, 0.15) is 6.10 Å². The van der Waals surface area contributed by atoms with E-state index in [9.17, 15) is 5.11 Å². The molecule has 9 heteroatoms. The SMILES string of the molecule is CCOC(C1CCC2C(CC3C4CCC5C(C)(C)C(OC6CN(C7CCN(C8COC8)CC7)CCO6)CCC56CC46CCC23C)O1)C(C)(C)O.S.[HH]. The first-order chi connectivity index (χ1) is 23.9. The summed E-state index contributed by atoms with van der Waals surface area (Å²) in [6, 6.07) is 1.32. The van der Waals surface area contributed by atoms with Crippen molar-refractivity contribution in [2.24, 2.45) is 45.3 Å². The van der Waals surface area contributed by atoms with E-state index in [0.29, 0.717) is 47.0 Å². The number of rotatable bonds is 8. The second kappa shape index (κ2) is 13.6. The highest BCUT2D eigenvalue weighted by molar-refractivity contribution is 7.59. The normalized spacial score (nSPS) is 47.8. The van der Waals surface area contributed by atoms with Gasteiger partial charge >= 0.3 is 0 Å². The largest absolute Gasteiger partial charge is 0.388 e.